The Labute approximate surface area is 171 Å². The van der Waals surface area contributed by atoms with E-state index in [1.54, 1.807) is 44.6 Å². The zero-order valence-corrected chi connectivity index (χ0v) is 17.5. The highest BCUT2D eigenvalue weighted by atomic mass is 31.2. The van der Waals surface area contributed by atoms with Crippen LogP contribution in [0.5, 0.6) is 5.75 Å². The Morgan fingerprint density at radius 2 is 1.52 bits per heavy atom. The molecule has 2 unspecified atom stereocenters. The van der Waals surface area contributed by atoms with Gasteiger partial charge in [-0.3, -0.25) is 9.88 Å². The van der Waals surface area contributed by atoms with Gasteiger partial charge in [0.2, 0.25) is 7.37 Å². The van der Waals surface area contributed by atoms with Crippen LogP contribution in [0, 0.1) is 0 Å². The second-order valence-corrected chi connectivity index (χ2v) is 9.00. The highest BCUT2D eigenvalue weighted by molar-refractivity contribution is 7.66. The smallest absolute Gasteiger partial charge is 0.250 e. The minimum absolute atomic E-state index is 0.262. The van der Waals surface area contributed by atoms with Crippen molar-refractivity contribution in [2.75, 3.05) is 20.8 Å². The van der Waals surface area contributed by atoms with E-state index in [9.17, 15) is 9.46 Å². The predicted molar refractivity (Wildman–Crippen MR) is 116 cm³/mol. The monoisotopic (exact) mass is 411 g/mol. The fourth-order valence-electron chi connectivity index (χ4n) is 3.28. The Kier molecular flexibility index (Phi) is 7.24. The maximum Gasteiger partial charge on any atom is 0.250 e. The summed E-state index contributed by atoms with van der Waals surface area (Å²) in [5.41, 5.74) is 1.66. The predicted octanol–water partition coefficient (Wildman–Crippen LogP) is 4.27. The minimum atomic E-state index is -3.83. The second-order valence-electron chi connectivity index (χ2n) is 6.72. The summed E-state index contributed by atoms with van der Waals surface area (Å²) in [6.07, 6.45) is 0. The molecule has 6 heteroatoms. The van der Waals surface area contributed by atoms with E-state index < -0.39 is 13.2 Å². The van der Waals surface area contributed by atoms with Crippen LogP contribution in [0.1, 0.15) is 23.0 Å². The number of rotatable bonds is 9. The number of nitrogens with one attached hydrogen (secondary N) is 1. The lowest BCUT2D eigenvalue weighted by Crippen LogP contribution is -2.31. The van der Waals surface area contributed by atoms with E-state index in [1.807, 2.05) is 54.6 Å². The third-order valence-corrected chi connectivity index (χ3v) is 6.97. The van der Waals surface area contributed by atoms with Gasteiger partial charge < -0.3 is 14.4 Å². The summed E-state index contributed by atoms with van der Waals surface area (Å²) in [4.78, 5) is 11.2. The molecule has 0 amide bonds. The standard InChI is InChI=1S/C23H26NO4P/c1-27-17-22(18-10-5-3-6-11-18)24-23(19-12-9-13-20(16-19)28-2)29(25,26)21-14-7-4-8-15-21/h3-16,22-24H,17H2,1-2H3,(H,25,26)/t22-,23?/m1/s1. The van der Waals surface area contributed by atoms with Crippen molar-refractivity contribution in [2.24, 2.45) is 0 Å². The summed E-state index contributed by atoms with van der Waals surface area (Å²) in [5, 5.41) is 3.78. The van der Waals surface area contributed by atoms with Gasteiger partial charge in [0.1, 0.15) is 11.5 Å². The molecule has 0 aliphatic rings. The number of hydrogen-bond donors (Lipinski definition) is 2. The average Bonchev–Trinajstić information content (AvgIpc) is 2.77. The molecule has 0 aromatic heterocycles. The molecule has 5 nitrogen and oxygen atoms in total. The minimum Gasteiger partial charge on any atom is -0.497 e. The van der Waals surface area contributed by atoms with Crippen LogP contribution in [0.3, 0.4) is 0 Å². The van der Waals surface area contributed by atoms with Crippen LogP contribution in [0.25, 0.3) is 0 Å². The summed E-state index contributed by atoms with van der Waals surface area (Å²) in [6, 6.07) is 25.5. The van der Waals surface area contributed by atoms with Crippen LogP contribution in [0.4, 0.5) is 0 Å². The van der Waals surface area contributed by atoms with Crippen LogP contribution in [0.15, 0.2) is 84.9 Å². The first-order valence-electron chi connectivity index (χ1n) is 9.38. The van der Waals surface area contributed by atoms with Crippen molar-refractivity contribution in [3.63, 3.8) is 0 Å². The molecule has 0 bridgehead atoms. The van der Waals surface area contributed by atoms with Gasteiger partial charge in [-0.05, 0) is 35.4 Å². The van der Waals surface area contributed by atoms with Crippen LogP contribution in [0.2, 0.25) is 0 Å². The average molecular weight is 411 g/mol. The molecule has 0 heterocycles. The molecule has 2 N–H and O–H groups in total. The first-order valence-corrected chi connectivity index (χ1v) is 11.1. The first kappa shape index (κ1) is 21.3. The van der Waals surface area contributed by atoms with E-state index in [4.69, 9.17) is 9.47 Å². The van der Waals surface area contributed by atoms with Crippen molar-refractivity contribution in [3.05, 3.63) is 96.1 Å². The lowest BCUT2D eigenvalue weighted by Gasteiger charge is -2.30. The Bertz CT molecular complexity index is 949. The molecule has 0 saturated carbocycles. The second kappa shape index (κ2) is 9.86. The van der Waals surface area contributed by atoms with E-state index in [0.29, 0.717) is 23.2 Å². The summed E-state index contributed by atoms with van der Waals surface area (Å²) in [7, 11) is -0.630. The molecule has 29 heavy (non-hydrogen) atoms. The maximum atomic E-state index is 13.7. The van der Waals surface area contributed by atoms with Gasteiger partial charge in [-0.25, -0.2) is 0 Å². The number of benzene rings is 3. The van der Waals surface area contributed by atoms with Crippen molar-refractivity contribution in [3.8, 4) is 5.75 Å². The van der Waals surface area contributed by atoms with Gasteiger partial charge in [-0.2, -0.15) is 0 Å². The van der Waals surface area contributed by atoms with E-state index in [-0.39, 0.29) is 6.04 Å². The molecule has 0 radical (unpaired) electrons. The normalized spacial score (nSPS) is 15.3. The van der Waals surface area contributed by atoms with Crippen molar-refractivity contribution < 1.29 is 18.9 Å². The first-order chi connectivity index (χ1) is 14.1. The molecular weight excluding hydrogens is 385 g/mol. The molecular formula is C23H26NO4P. The zero-order chi connectivity index (χ0) is 20.7. The van der Waals surface area contributed by atoms with Gasteiger partial charge >= 0.3 is 0 Å². The van der Waals surface area contributed by atoms with Gasteiger partial charge in [0.25, 0.3) is 0 Å². The van der Waals surface area contributed by atoms with E-state index in [1.165, 1.54) is 0 Å². The molecule has 3 atom stereocenters. The highest BCUT2D eigenvalue weighted by Gasteiger charge is 2.36. The SMILES string of the molecule is COC[C@@H](NC(c1cccc(OC)c1)P(=O)(O)c1ccccc1)c1ccccc1. The fraction of sp³-hybridized carbons (Fsp3) is 0.217. The lowest BCUT2D eigenvalue weighted by atomic mass is 10.1. The Morgan fingerprint density at radius 3 is 2.14 bits per heavy atom. The molecule has 0 saturated heterocycles. The Morgan fingerprint density at radius 1 is 0.897 bits per heavy atom. The van der Waals surface area contributed by atoms with E-state index in [0.717, 1.165) is 5.56 Å². The largest absolute Gasteiger partial charge is 0.497 e. The zero-order valence-electron chi connectivity index (χ0n) is 16.6. The molecule has 0 spiro atoms. The fourth-order valence-corrected chi connectivity index (χ4v) is 5.13. The summed E-state index contributed by atoms with van der Waals surface area (Å²) in [6.45, 7) is 0.360. The van der Waals surface area contributed by atoms with Crippen molar-refractivity contribution in [2.45, 2.75) is 11.8 Å². The number of hydrogen-bond acceptors (Lipinski definition) is 4. The van der Waals surface area contributed by atoms with Gasteiger partial charge in [-0.1, -0.05) is 60.7 Å². The molecule has 152 valence electrons. The quantitative estimate of drug-likeness (QED) is 0.515. The maximum absolute atomic E-state index is 13.7. The molecule has 3 aromatic carbocycles. The number of ether oxygens (including phenoxy) is 2. The van der Waals surface area contributed by atoms with Crippen molar-refractivity contribution >= 4 is 12.7 Å². The summed E-state index contributed by atoms with van der Waals surface area (Å²) < 4.78 is 24.4. The topological polar surface area (TPSA) is 67.8 Å². The van der Waals surface area contributed by atoms with Crippen LogP contribution in [-0.2, 0) is 9.30 Å². The Balaban J connectivity index is 2.05. The van der Waals surface area contributed by atoms with Crippen LogP contribution < -0.4 is 15.4 Å². The van der Waals surface area contributed by atoms with E-state index in [2.05, 4.69) is 5.32 Å². The third-order valence-electron chi connectivity index (χ3n) is 4.78. The number of methoxy groups -OCH3 is 2. The molecule has 3 aromatic rings. The molecule has 0 aliphatic heterocycles. The van der Waals surface area contributed by atoms with Crippen molar-refractivity contribution in [1.82, 2.24) is 5.32 Å². The van der Waals surface area contributed by atoms with Gasteiger partial charge in [-0.15, -0.1) is 0 Å². The van der Waals surface area contributed by atoms with E-state index >= 15 is 0 Å². The lowest BCUT2D eigenvalue weighted by molar-refractivity contribution is 0.164. The molecule has 0 aliphatic carbocycles. The Hall–Kier alpha value is -2.43. The van der Waals surface area contributed by atoms with Gasteiger partial charge in [0.05, 0.1) is 19.8 Å². The summed E-state index contributed by atoms with van der Waals surface area (Å²) in [5.74, 6) is -0.203. The van der Waals surface area contributed by atoms with Crippen molar-refractivity contribution in [1.29, 1.82) is 0 Å². The van der Waals surface area contributed by atoms with Crippen LogP contribution >= 0.6 is 7.37 Å². The summed E-state index contributed by atoms with van der Waals surface area (Å²) >= 11 is 0. The van der Waals surface area contributed by atoms with Crippen LogP contribution in [-0.4, -0.2) is 25.7 Å². The highest BCUT2D eigenvalue weighted by Crippen LogP contribution is 2.54. The molecule has 3 rings (SSSR count). The van der Waals surface area contributed by atoms with Gasteiger partial charge in [0, 0.05) is 12.4 Å². The third kappa shape index (κ3) is 5.14. The van der Waals surface area contributed by atoms with Gasteiger partial charge in [0.15, 0.2) is 0 Å². The molecule has 0 fully saturated rings.